The fourth-order valence-corrected chi connectivity index (χ4v) is 0. The Bertz CT molecular complexity index is 111. The molecule has 0 unspecified atom stereocenters. The SMILES string of the molecule is O=S(=O)([O-])[O-].[Ca+2].[F][Ca][F]. The average molecular weight is 214 g/mol. The summed E-state index contributed by atoms with van der Waals surface area (Å²) in [4.78, 5) is 0. The number of rotatable bonds is 0. The predicted octanol–water partition coefficient (Wildman–Crippen LogP) is -1.26. The van der Waals surface area contributed by atoms with Crippen LogP contribution in [-0.4, -0.2) is 90.7 Å². The fourth-order valence-electron chi connectivity index (χ4n) is 0. The van der Waals surface area contributed by atoms with Gasteiger partial charge in [0.05, 0.1) is 0 Å². The molecule has 0 aliphatic carbocycles. The van der Waals surface area contributed by atoms with Crippen LogP contribution in [0.5, 0.6) is 0 Å². The van der Waals surface area contributed by atoms with Crippen molar-refractivity contribution in [3.63, 3.8) is 0 Å². The molecule has 0 rings (SSSR count). The van der Waals surface area contributed by atoms with E-state index in [2.05, 4.69) is 0 Å². The summed E-state index contributed by atoms with van der Waals surface area (Å²) in [5, 5.41) is 0. The van der Waals surface area contributed by atoms with Crippen LogP contribution in [0.25, 0.3) is 0 Å². The monoisotopic (exact) mass is 214 g/mol. The summed E-state index contributed by atoms with van der Waals surface area (Å²) in [6.07, 6.45) is 0. The maximum absolute atomic E-state index is 9.81. The summed E-state index contributed by atoms with van der Waals surface area (Å²) in [7, 11) is -5.17. The molecule has 4 nitrogen and oxygen atoms in total. The van der Waals surface area contributed by atoms with Gasteiger partial charge >= 0.3 is 75.9 Å². The van der Waals surface area contributed by atoms with Crippen LogP contribution in [0.1, 0.15) is 0 Å². The Kier molecular flexibility index (Phi) is 19.8. The molecule has 9 heteroatoms. The summed E-state index contributed by atoms with van der Waals surface area (Å²) >= 11 is -2.88. The molecule has 0 radical (unpaired) electrons. The van der Waals surface area contributed by atoms with E-state index in [1.165, 1.54) is 0 Å². The molecule has 0 atom stereocenters. The van der Waals surface area contributed by atoms with E-state index in [9.17, 15) is 2.73 Å². The molecule has 0 N–H and O–H groups in total. The molecule has 0 aliphatic rings. The molecule has 0 saturated carbocycles. The van der Waals surface area contributed by atoms with Gasteiger partial charge in [-0.1, -0.05) is 0 Å². The average Bonchev–Trinajstić information content (AvgIpc) is 1.27. The van der Waals surface area contributed by atoms with E-state index in [0.29, 0.717) is 0 Å². The quantitative estimate of drug-likeness (QED) is 0.286. The minimum absolute atomic E-state index is 0. The topological polar surface area (TPSA) is 80.3 Å². The molecule has 9 heavy (non-hydrogen) atoms. The third-order valence-electron chi connectivity index (χ3n) is 0. The van der Waals surface area contributed by atoms with Crippen molar-refractivity contribution < 1.29 is 20.3 Å². The summed E-state index contributed by atoms with van der Waals surface area (Å²) in [6.45, 7) is 0. The molecule has 0 saturated heterocycles. The molecular formula is Ca2F2O4S. The molecule has 0 bridgehead atoms. The molecule has 0 aromatic rings. The van der Waals surface area contributed by atoms with Gasteiger partial charge in [-0.05, 0) is 0 Å². The molecule has 48 valence electrons. The van der Waals surface area contributed by atoms with E-state index >= 15 is 0 Å². The first-order valence-corrected chi connectivity index (χ1v) is 4.20. The first-order chi connectivity index (χ1) is 3.41. The molecule has 0 fully saturated rings. The van der Waals surface area contributed by atoms with Gasteiger partial charge in [0.15, 0.2) is 0 Å². The Labute approximate surface area is 102 Å². The Morgan fingerprint density at radius 1 is 1.22 bits per heavy atom. The van der Waals surface area contributed by atoms with E-state index < -0.39 is 45.8 Å². The molecule has 0 amide bonds. The van der Waals surface area contributed by atoms with Crippen molar-refractivity contribution >= 4 is 83.5 Å². The van der Waals surface area contributed by atoms with Crippen LogP contribution in [0, 0.1) is 0 Å². The summed E-state index contributed by atoms with van der Waals surface area (Å²) in [5.41, 5.74) is 0. The first-order valence-electron chi connectivity index (χ1n) is 1.20. The van der Waals surface area contributed by atoms with Crippen LogP contribution in [0.15, 0.2) is 0 Å². The van der Waals surface area contributed by atoms with Crippen molar-refractivity contribution in [2.75, 3.05) is 0 Å². The molecule has 0 heterocycles. The van der Waals surface area contributed by atoms with Gasteiger partial charge in [-0.2, -0.15) is 0 Å². The van der Waals surface area contributed by atoms with Gasteiger partial charge in [0, 0.05) is 10.4 Å². The molecule has 0 aliphatic heterocycles. The minimum atomic E-state index is -5.17. The third-order valence-corrected chi connectivity index (χ3v) is 0. The van der Waals surface area contributed by atoms with Crippen molar-refractivity contribution in [3.05, 3.63) is 0 Å². The second-order valence-electron chi connectivity index (χ2n) is 0.509. The zero-order valence-corrected chi connectivity index (χ0v) is 9.44. The molecule has 0 aromatic carbocycles. The number of hydrogen-bond acceptors (Lipinski definition) is 4. The van der Waals surface area contributed by atoms with E-state index in [-0.39, 0.29) is 37.7 Å². The van der Waals surface area contributed by atoms with Gasteiger partial charge < -0.3 is 9.11 Å². The molecule has 0 spiro atoms. The van der Waals surface area contributed by atoms with E-state index in [1.54, 1.807) is 0 Å². The zero-order valence-electron chi connectivity index (χ0n) is 4.21. The van der Waals surface area contributed by atoms with Gasteiger partial charge in [0.25, 0.3) is 0 Å². The van der Waals surface area contributed by atoms with Crippen LogP contribution in [-0.2, 0) is 10.4 Å². The van der Waals surface area contributed by atoms with Gasteiger partial charge in [0.2, 0.25) is 0 Å². The molecular weight excluding hydrogens is 214 g/mol. The van der Waals surface area contributed by atoms with Crippen LogP contribution in [0.4, 0.5) is 2.73 Å². The predicted molar refractivity (Wildman–Crippen MR) is 24.2 cm³/mol. The van der Waals surface area contributed by atoms with E-state index in [4.69, 9.17) is 17.5 Å². The summed E-state index contributed by atoms with van der Waals surface area (Å²) < 4.78 is 53.7. The van der Waals surface area contributed by atoms with Gasteiger partial charge in [-0.3, -0.25) is 8.42 Å². The number of halogens is 2. The van der Waals surface area contributed by atoms with E-state index in [1.807, 2.05) is 0 Å². The second-order valence-corrected chi connectivity index (χ2v) is 1.64. The van der Waals surface area contributed by atoms with Crippen LogP contribution >= 0.6 is 0 Å². The van der Waals surface area contributed by atoms with Gasteiger partial charge in [-0.25, -0.2) is 0 Å². The first kappa shape index (κ1) is 17.4. The molecule has 0 aromatic heterocycles. The Morgan fingerprint density at radius 2 is 1.22 bits per heavy atom. The van der Waals surface area contributed by atoms with Crippen LogP contribution in [0.2, 0.25) is 0 Å². The van der Waals surface area contributed by atoms with E-state index in [0.717, 1.165) is 0 Å². The third kappa shape index (κ3) is 138. The zero-order chi connectivity index (χ0) is 7.21. The Morgan fingerprint density at radius 3 is 1.22 bits per heavy atom. The van der Waals surface area contributed by atoms with Gasteiger partial charge in [0.1, 0.15) is 0 Å². The maximum atomic E-state index is 9.81. The van der Waals surface area contributed by atoms with Gasteiger partial charge in [-0.15, -0.1) is 0 Å². The Hall–Kier alpha value is 2.25. The van der Waals surface area contributed by atoms with Crippen LogP contribution in [0.3, 0.4) is 0 Å². The van der Waals surface area contributed by atoms with Crippen LogP contribution < -0.4 is 0 Å². The summed E-state index contributed by atoms with van der Waals surface area (Å²) in [5.74, 6) is 0. The standard InChI is InChI=1S/2Ca.2FH.H2O4S/c;;;;1-5(2,3)4/h;;2*1H;(H2,1,2,3,4)/q2*+2;;;/p-4. The van der Waals surface area contributed by atoms with Crippen molar-refractivity contribution in [2.45, 2.75) is 0 Å². The van der Waals surface area contributed by atoms with Crippen molar-refractivity contribution in [3.8, 4) is 0 Å². The van der Waals surface area contributed by atoms with Crippen molar-refractivity contribution in [1.29, 1.82) is 0 Å². The van der Waals surface area contributed by atoms with Crippen molar-refractivity contribution in [2.24, 2.45) is 0 Å². The second kappa shape index (κ2) is 10.2. The number of hydrogen-bond donors (Lipinski definition) is 0. The van der Waals surface area contributed by atoms with Crippen molar-refractivity contribution in [1.82, 2.24) is 0 Å². The summed E-state index contributed by atoms with van der Waals surface area (Å²) in [6, 6.07) is 0. The normalized spacial score (nSPS) is 7.56. The Balaban J connectivity index is -0.0000000800. The fraction of sp³-hybridized carbons (Fsp3) is 0.